The molecule has 2 atom stereocenters. The van der Waals surface area contributed by atoms with Crippen LogP contribution >= 0.6 is 43.5 Å². The molecule has 1 aliphatic rings. The molecule has 1 heterocycles. The van der Waals surface area contributed by atoms with Gasteiger partial charge in [0.25, 0.3) is 0 Å². The van der Waals surface area contributed by atoms with Crippen LogP contribution in [0, 0.1) is 0 Å². The van der Waals surface area contributed by atoms with Crippen LogP contribution in [0.15, 0.2) is 53.0 Å². The van der Waals surface area contributed by atoms with Crippen molar-refractivity contribution < 1.29 is 9.47 Å². The smallest absolute Gasteiger partial charge is 0.205 e. The molecule has 0 spiro atoms. The first-order valence-corrected chi connectivity index (χ1v) is 8.81. The van der Waals surface area contributed by atoms with E-state index < -0.39 is 5.79 Å². The number of ether oxygens (including phenoxy) is 2. The minimum atomic E-state index is -0.745. The fourth-order valence-electron chi connectivity index (χ4n) is 2.35. The molecule has 0 N–H and O–H groups in total. The Labute approximate surface area is 145 Å². The van der Waals surface area contributed by atoms with Crippen LogP contribution in [0.25, 0.3) is 0 Å². The lowest BCUT2D eigenvalue weighted by Gasteiger charge is -2.26. The summed E-state index contributed by atoms with van der Waals surface area (Å²) in [5.41, 5.74) is 2.07. The summed E-state index contributed by atoms with van der Waals surface area (Å²) in [6.07, 6.45) is -0.0940. The summed E-state index contributed by atoms with van der Waals surface area (Å²) in [7, 11) is 0. The molecule has 1 fully saturated rings. The predicted molar refractivity (Wildman–Crippen MR) is 90.8 cm³/mol. The van der Waals surface area contributed by atoms with Crippen LogP contribution in [-0.4, -0.2) is 11.9 Å². The van der Waals surface area contributed by atoms with Crippen molar-refractivity contribution in [3.05, 3.63) is 69.2 Å². The summed E-state index contributed by atoms with van der Waals surface area (Å²) >= 11 is 12.9. The fourth-order valence-corrected chi connectivity index (χ4v) is 3.36. The van der Waals surface area contributed by atoms with Crippen molar-refractivity contribution in [1.29, 1.82) is 0 Å². The van der Waals surface area contributed by atoms with Crippen LogP contribution in [0.3, 0.4) is 0 Å². The third-order valence-corrected chi connectivity index (χ3v) is 5.02. The van der Waals surface area contributed by atoms with Gasteiger partial charge < -0.3 is 9.47 Å². The number of rotatable bonds is 3. The number of hydrogen-bond donors (Lipinski definition) is 0. The first-order valence-electron chi connectivity index (χ1n) is 6.52. The second-order valence-corrected chi connectivity index (χ2v) is 6.78. The number of alkyl halides is 1. The molecule has 2 aromatic carbocycles. The minimum absolute atomic E-state index is 0.0940. The van der Waals surface area contributed by atoms with Gasteiger partial charge in [-0.15, -0.1) is 0 Å². The van der Waals surface area contributed by atoms with E-state index in [2.05, 4.69) is 31.9 Å². The molecular formula is C16H13Br2ClO2. The van der Waals surface area contributed by atoms with Crippen LogP contribution in [-0.2, 0) is 15.3 Å². The zero-order chi connectivity index (χ0) is 14.9. The lowest BCUT2D eigenvalue weighted by atomic mass is 10.1. The Kier molecular flexibility index (Phi) is 4.71. The Morgan fingerprint density at radius 2 is 1.76 bits per heavy atom. The quantitative estimate of drug-likeness (QED) is 0.602. The van der Waals surface area contributed by atoms with Gasteiger partial charge in [0.15, 0.2) is 0 Å². The third-order valence-electron chi connectivity index (χ3n) is 3.50. The van der Waals surface area contributed by atoms with E-state index in [1.54, 1.807) is 0 Å². The molecule has 0 aliphatic carbocycles. The van der Waals surface area contributed by atoms with Gasteiger partial charge in [-0.05, 0) is 29.8 Å². The minimum Gasteiger partial charge on any atom is -0.342 e. The van der Waals surface area contributed by atoms with Gasteiger partial charge in [-0.1, -0.05) is 67.7 Å². The molecule has 0 saturated carbocycles. The molecule has 0 unspecified atom stereocenters. The normalized spacial score (nSPS) is 25.2. The highest BCUT2D eigenvalue weighted by molar-refractivity contribution is 9.10. The van der Waals surface area contributed by atoms with Crippen molar-refractivity contribution >= 4 is 43.5 Å². The fraction of sp³-hybridized carbons (Fsp3) is 0.250. The molecule has 1 aliphatic heterocycles. The van der Waals surface area contributed by atoms with E-state index in [-0.39, 0.29) is 6.10 Å². The van der Waals surface area contributed by atoms with E-state index in [1.165, 1.54) is 0 Å². The second kappa shape index (κ2) is 6.39. The van der Waals surface area contributed by atoms with Gasteiger partial charge in [0.2, 0.25) is 5.79 Å². The van der Waals surface area contributed by atoms with E-state index >= 15 is 0 Å². The van der Waals surface area contributed by atoms with Gasteiger partial charge in [-0.25, -0.2) is 0 Å². The highest BCUT2D eigenvalue weighted by atomic mass is 79.9. The van der Waals surface area contributed by atoms with E-state index in [4.69, 9.17) is 21.1 Å². The average Bonchev–Trinajstić information content (AvgIpc) is 2.94. The Morgan fingerprint density at radius 1 is 1.10 bits per heavy atom. The maximum atomic E-state index is 6.22. The van der Waals surface area contributed by atoms with Crippen molar-refractivity contribution in [2.75, 3.05) is 11.9 Å². The Bertz CT molecular complexity index is 615. The monoisotopic (exact) mass is 430 g/mol. The van der Waals surface area contributed by atoms with Gasteiger partial charge in [0.1, 0.15) is 6.10 Å². The van der Waals surface area contributed by atoms with E-state index in [0.29, 0.717) is 11.9 Å². The first kappa shape index (κ1) is 15.5. The van der Waals surface area contributed by atoms with Crippen LogP contribution in [0.2, 0.25) is 5.02 Å². The Balaban J connectivity index is 1.85. The second-order valence-electron chi connectivity index (χ2n) is 4.86. The van der Waals surface area contributed by atoms with Gasteiger partial charge in [0, 0.05) is 15.1 Å². The van der Waals surface area contributed by atoms with Crippen molar-refractivity contribution in [1.82, 2.24) is 0 Å². The molecule has 3 rings (SSSR count). The highest BCUT2D eigenvalue weighted by Crippen LogP contribution is 2.42. The lowest BCUT2D eigenvalue weighted by molar-refractivity contribution is -0.157. The third kappa shape index (κ3) is 3.20. The Morgan fingerprint density at radius 3 is 2.38 bits per heavy atom. The van der Waals surface area contributed by atoms with Crippen molar-refractivity contribution in [3.63, 3.8) is 0 Å². The maximum absolute atomic E-state index is 6.22. The summed E-state index contributed by atoms with van der Waals surface area (Å²) in [6, 6.07) is 15.7. The van der Waals surface area contributed by atoms with Crippen LogP contribution in [0.1, 0.15) is 17.2 Å². The predicted octanol–water partition coefficient (Wildman–Crippen LogP) is 5.44. The van der Waals surface area contributed by atoms with Gasteiger partial charge in [-0.3, -0.25) is 0 Å². The van der Waals surface area contributed by atoms with Crippen LogP contribution in [0.4, 0.5) is 0 Å². The molecule has 1 saturated heterocycles. The summed E-state index contributed by atoms with van der Waals surface area (Å²) in [5, 5.41) is 1.29. The van der Waals surface area contributed by atoms with Crippen LogP contribution in [0.5, 0.6) is 0 Å². The topological polar surface area (TPSA) is 18.5 Å². The Hall–Kier alpha value is -0.390. The standard InChI is InChI=1S/C16H13Br2ClO2/c17-10-16(12-3-5-13(18)6-4-12)20-9-15(21-16)11-1-7-14(19)8-2-11/h1-8,15H,9-10H2/t15-,16+/m0/s1. The summed E-state index contributed by atoms with van der Waals surface area (Å²) in [6.45, 7) is 0.517. The molecule has 0 radical (unpaired) electrons. The SMILES string of the molecule is Clc1ccc([C@@H]2CO[C@@](CBr)(c3ccc(Br)cc3)O2)cc1. The van der Waals surface area contributed by atoms with Gasteiger partial charge in [-0.2, -0.15) is 0 Å². The molecule has 110 valence electrons. The molecule has 21 heavy (non-hydrogen) atoms. The molecule has 0 amide bonds. The number of hydrogen-bond acceptors (Lipinski definition) is 2. The summed E-state index contributed by atoms with van der Waals surface area (Å²) in [5.74, 6) is -0.745. The van der Waals surface area contributed by atoms with Crippen molar-refractivity contribution in [3.8, 4) is 0 Å². The van der Waals surface area contributed by atoms with Gasteiger partial charge >= 0.3 is 0 Å². The zero-order valence-corrected chi connectivity index (χ0v) is 15.0. The molecule has 2 nitrogen and oxygen atoms in total. The van der Waals surface area contributed by atoms with Crippen molar-refractivity contribution in [2.45, 2.75) is 11.9 Å². The largest absolute Gasteiger partial charge is 0.342 e. The van der Waals surface area contributed by atoms with Crippen molar-refractivity contribution in [2.24, 2.45) is 0 Å². The maximum Gasteiger partial charge on any atom is 0.205 e. The van der Waals surface area contributed by atoms with E-state index in [9.17, 15) is 0 Å². The van der Waals surface area contributed by atoms with Crippen LogP contribution < -0.4 is 0 Å². The van der Waals surface area contributed by atoms with E-state index in [1.807, 2.05) is 48.5 Å². The molecule has 2 aromatic rings. The number of halogens is 3. The van der Waals surface area contributed by atoms with Gasteiger partial charge in [0.05, 0.1) is 11.9 Å². The molecule has 0 bridgehead atoms. The first-order chi connectivity index (χ1) is 10.1. The average molecular weight is 433 g/mol. The summed E-state index contributed by atoms with van der Waals surface area (Å²) in [4.78, 5) is 0. The molecule has 5 heteroatoms. The highest BCUT2D eigenvalue weighted by Gasteiger charge is 2.42. The zero-order valence-electron chi connectivity index (χ0n) is 11.1. The summed E-state index contributed by atoms with van der Waals surface area (Å²) < 4.78 is 13.2. The number of benzene rings is 2. The molecule has 0 aromatic heterocycles. The van der Waals surface area contributed by atoms with E-state index in [0.717, 1.165) is 20.6 Å². The molecular weight excluding hydrogens is 419 g/mol. The lowest BCUT2D eigenvalue weighted by Crippen LogP contribution is -2.29.